The van der Waals surface area contributed by atoms with Gasteiger partial charge in [0.05, 0.1) is 17.3 Å². The van der Waals surface area contributed by atoms with Crippen LogP contribution in [-0.2, 0) is 16.1 Å². The number of fused-ring (bicyclic) bond motifs is 1. The minimum absolute atomic E-state index is 0.00963. The van der Waals surface area contributed by atoms with Gasteiger partial charge in [-0.05, 0) is 20.8 Å². The molecule has 8 nitrogen and oxygen atoms in total. The fraction of sp³-hybridized carbons (Fsp3) is 0.625. The third kappa shape index (κ3) is 2.88. The second kappa shape index (κ2) is 6.26. The van der Waals surface area contributed by atoms with Crippen molar-refractivity contribution in [2.24, 2.45) is 0 Å². The Bertz CT molecular complexity index is 696. The Balaban J connectivity index is 1.59. The number of carbonyl (C=O) groups excluding carboxylic acids is 3. The fourth-order valence-corrected chi connectivity index (χ4v) is 3.50. The Morgan fingerprint density at radius 1 is 1.29 bits per heavy atom. The molecule has 0 saturated carbocycles. The molecule has 2 saturated heterocycles. The van der Waals surface area contributed by atoms with E-state index in [0.29, 0.717) is 50.5 Å². The summed E-state index contributed by atoms with van der Waals surface area (Å²) in [4.78, 5) is 39.0. The third-order valence-corrected chi connectivity index (χ3v) is 4.74. The molecule has 0 N–H and O–H groups in total. The lowest BCUT2D eigenvalue weighted by Crippen LogP contribution is -2.53. The van der Waals surface area contributed by atoms with E-state index in [1.54, 1.807) is 21.4 Å². The molecule has 0 aliphatic carbocycles. The van der Waals surface area contributed by atoms with Crippen LogP contribution in [0.5, 0.6) is 0 Å². The van der Waals surface area contributed by atoms with Crippen LogP contribution in [-0.4, -0.2) is 69.6 Å². The normalized spacial score (nSPS) is 20.1. The Morgan fingerprint density at radius 2 is 2.04 bits per heavy atom. The van der Waals surface area contributed by atoms with Crippen molar-refractivity contribution in [1.29, 1.82) is 0 Å². The van der Waals surface area contributed by atoms with Gasteiger partial charge in [0.1, 0.15) is 6.61 Å². The van der Waals surface area contributed by atoms with Crippen molar-refractivity contribution in [3.63, 3.8) is 0 Å². The molecule has 2 aliphatic heterocycles. The molecule has 0 bridgehead atoms. The first-order valence-corrected chi connectivity index (χ1v) is 8.14. The van der Waals surface area contributed by atoms with Crippen LogP contribution in [0.15, 0.2) is 0 Å². The molecular formula is C16H22N4O4. The van der Waals surface area contributed by atoms with Crippen molar-refractivity contribution in [3.8, 4) is 0 Å². The lowest BCUT2D eigenvalue weighted by molar-refractivity contribution is -0.133. The molecule has 2 aliphatic rings. The number of cyclic esters (lactones) is 1. The minimum atomic E-state index is -0.286. The van der Waals surface area contributed by atoms with E-state index >= 15 is 0 Å². The molecule has 0 spiro atoms. The first-order valence-electron chi connectivity index (χ1n) is 8.14. The summed E-state index contributed by atoms with van der Waals surface area (Å²) in [6, 6.07) is -0.0341. The first kappa shape index (κ1) is 16.5. The molecule has 3 heterocycles. The highest BCUT2D eigenvalue weighted by Crippen LogP contribution is 2.19. The summed E-state index contributed by atoms with van der Waals surface area (Å²) in [5.41, 5.74) is 2.13. The van der Waals surface area contributed by atoms with E-state index in [2.05, 4.69) is 5.10 Å². The highest BCUT2D eigenvalue weighted by atomic mass is 16.6. The molecule has 130 valence electrons. The van der Waals surface area contributed by atoms with Crippen LogP contribution >= 0.6 is 0 Å². The van der Waals surface area contributed by atoms with Gasteiger partial charge < -0.3 is 9.64 Å². The Labute approximate surface area is 140 Å². The maximum Gasteiger partial charge on any atom is 0.410 e. The standard InChI is InChI=1S/C16H22N4O4/c1-10-15(12(3)21)11(2)20(17-10)5-4-14(22)18-6-7-19-13(8-18)9-24-16(19)23/h13H,4-9H2,1-3H3/t13-/m1/s1. The van der Waals surface area contributed by atoms with Gasteiger partial charge in [-0.3, -0.25) is 19.2 Å². The van der Waals surface area contributed by atoms with Gasteiger partial charge in [-0.15, -0.1) is 0 Å². The zero-order chi connectivity index (χ0) is 17.4. The van der Waals surface area contributed by atoms with Crippen LogP contribution in [0.3, 0.4) is 0 Å². The number of aryl methyl sites for hydroxylation is 2. The van der Waals surface area contributed by atoms with Crippen molar-refractivity contribution in [1.82, 2.24) is 19.6 Å². The van der Waals surface area contributed by atoms with Crippen LogP contribution in [0.1, 0.15) is 35.1 Å². The van der Waals surface area contributed by atoms with Gasteiger partial charge in [-0.2, -0.15) is 5.10 Å². The number of aromatic nitrogens is 2. The van der Waals surface area contributed by atoms with E-state index in [0.717, 1.165) is 5.69 Å². The molecule has 0 unspecified atom stereocenters. The van der Waals surface area contributed by atoms with Gasteiger partial charge in [0.25, 0.3) is 0 Å². The molecule has 1 aromatic heterocycles. The first-order chi connectivity index (χ1) is 11.4. The Morgan fingerprint density at radius 3 is 2.71 bits per heavy atom. The van der Waals surface area contributed by atoms with E-state index in [4.69, 9.17) is 4.74 Å². The number of ketones is 1. The predicted molar refractivity (Wildman–Crippen MR) is 84.7 cm³/mol. The molecule has 0 radical (unpaired) electrons. The summed E-state index contributed by atoms with van der Waals surface area (Å²) in [7, 11) is 0. The molecule has 3 rings (SSSR count). The van der Waals surface area contributed by atoms with E-state index < -0.39 is 0 Å². The topological polar surface area (TPSA) is 84.7 Å². The van der Waals surface area contributed by atoms with Gasteiger partial charge >= 0.3 is 6.09 Å². The molecule has 0 aromatic carbocycles. The number of carbonyl (C=O) groups is 3. The highest BCUT2D eigenvalue weighted by molar-refractivity contribution is 5.96. The summed E-state index contributed by atoms with van der Waals surface area (Å²) in [5, 5.41) is 4.36. The molecule has 24 heavy (non-hydrogen) atoms. The van der Waals surface area contributed by atoms with Crippen molar-refractivity contribution < 1.29 is 19.1 Å². The fourth-order valence-electron chi connectivity index (χ4n) is 3.50. The van der Waals surface area contributed by atoms with Gasteiger partial charge in [0.15, 0.2) is 5.78 Å². The molecule has 2 fully saturated rings. The summed E-state index contributed by atoms with van der Waals surface area (Å²) in [5.74, 6) is 0.0236. The van der Waals surface area contributed by atoms with Gasteiger partial charge in [0, 0.05) is 38.3 Å². The second-order valence-electron chi connectivity index (χ2n) is 6.34. The number of nitrogens with zero attached hydrogens (tertiary/aromatic N) is 4. The zero-order valence-electron chi connectivity index (χ0n) is 14.2. The van der Waals surface area contributed by atoms with Gasteiger partial charge in [-0.25, -0.2) is 4.79 Å². The Kier molecular flexibility index (Phi) is 4.29. The zero-order valence-corrected chi connectivity index (χ0v) is 14.2. The van der Waals surface area contributed by atoms with Crippen molar-refractivity contribution in [3.05, 3.63) is 17.0 Å². The van der Waals surface area contributed by atoms with Crippen LogP contribution in [0.2, 0.25) is 0 Å². The lowest BCUT2D eigenvalue weighted by Gasteiger charge is -2.35. The average Bonchev–Trinajstić information content (AvgIpc) is 3.04. The van der Waals surface area contributed by atoms with Crippen molar-refractivity contribution in [2.75, 3.05) is 26.2 Å². The number of amides is 2. The van der Waals surface area contributed by atoms with Crippen LogP contribution in [0, 0.1) is 13.8 Å². The summed E-state index contributed by atoms with van der Waals surface area (Å²) >= 11 is 0. The van der Waals surface area contributed by atoms with Crippen LogP contribution in [0.4, 0.5) is 4.79 Å². The molecule has 1 atom stereocenters. The third-order valence-electron chi connectivity index (χ3n) is 4.74. The summed E-state index contributed by atoms with van der Waals surface area (Å²) in [6.07, 6.45) is 0.0346. The maximum atomic E-state index is 12.5. The van der Waals surface area contributed by atoms with Crippen LogP contribution < -0.4 is 0 Å². The van der Waals surface area contributed by atoms with Crippen molar-refractivity contribution >= 4 is 17.8 Å². The predicted octanol–water partition coefficient (Wildman–Crippen LogP) is 0.756. The van der Waals surface area contributed by atoms with E-state index in [9.17, 15) is 14.4 Å². The molecule has 2 amide bonds. The average molecular weight is 334 g/mol. The maximum absolute atomic E-state index is 12.5. The number of Topliss-reactive ketones (excluding diaryl/α,β-unsaturated/α-hetero) is 1. The number of ether oxygens (including phenoxy) is 1. The van der Waals surface area contributed by atoms with E-state index in [-0.39, 0.29) is 23.8 Å². The van der Waals surface area contributed by atoms with Gasteiger partial charge in [-0.1, -0.05) is 0 Å². The number of piperazine rings is 1. The number of hydrogen-bond acceptors (Lipinski definition) is 5. The van der Waals surface area contributed by atoms with E-state index in [1.807, 2.05) is 6.92 Å². The Hall–Kier alpha value is -2.38. The monoisotopic (exact) mass is 334 g/mol. The SMILES string of the molecule is CC(=O)c1c(C)nn(CCC(=O)N2CCN3C(=O)OC[C@H]3C2)c1C. The smallest absolute Gasteiger partial charge is 0.410 e. The summed E-state index contributed by atoms with van der Waals surface area (Å²) < 4.78 is 6.74. The molecule has 8 heteroatoms. The van der Waals surface area contributed by atoms with Crippen LogP contribution in [0.25, 0.3) is 0 Å². The molecular weight excluding hydrogens is 312 g/mol. The largest absolute Gasteiger partial charge is 0.447 e. The lowest BCUT2D eigenvalue weighted by atomic mass is 10.1. The quantitative estimate of drug-likeness (QED) is 0.759. The minimum Gasteiger partial charge on any atom is -0.447 e. The van der Waals surface area contributed by atoms with Crippen molar-refractivity contribution in [2.45, 2.75) is 39.8 Å². The second-order valence-corrected chi connectivity index (χ2v) is 6.34. The molecule has 1 aromatic rings. The van der Waals surface area contributed by atoms with Gasteiger partial charge in [0.2, 0.25) is 5.91 Å². The van der Waals surface area contributed by atoms with E-state index in [1.165, 1.54) is 6.92 Å². The number of hydrogen-bond donors (Lipinski definition) is 0. The number of rotatable bonds is 4. The summed E-state index contributed by atoms with van der Waals surface area (Å²) in [6.45, 7) is 7.53. The highest BCUT2D eigenvalue weighted by Gasteiger charge is 2.38.